The molecule has 1 atom stereocenters. The molecule has 2 rings (SSSR count). The molecule has 0 aromatic heterocycles. The molecule has 1 aliphatic heterocycles. The number of carbonyl (C=O) groups is 2. The number of sulfonamides is 1. The number of piperidine rings is 1. The maximum absolute atomic E-state index is 12.5. The fourth-order valence-corrected chi connectivity index (χ4v) is 3.67. The number of hydrogen-bond acceptors (Lipinski definition) is 5. The summed E-state index contributed by atoms with van der Waals surface area (Å²) in [7, 11) is -0.900. The highest BCUT2D eigenvalue weighted by atomic mass is 32.2. The van der Waals surface area contributed by atoms with E-state index in [1.807, 2.05) is 0 Å². The number of amides is 2. The molecule has 2 N–H and O–H groups in total. The number of anilines is 1. The van der Waals surface area contributed by atoms with Gasteiger partial charge in [0, 0.05) is 27.2 Å². The van der Waals surface area contributed by atoms with Gasteiger partial charge in [-0.1, -0.05) is 6.58 Å². The standard InChI is InChI=1S/C17H23N3O5S/c1-4-16(22)20-9-5-6-12(11-20)17(23)18-14-10-13(7-8-15(14)21)26(24,25)19(2)3/h4,7-8,10,12,21H,1,5-6,9,11H2,2-3H3,(H,18,23). The van der Waals surface area contributed by atoms with Gasteiger partial charge in [-0.3, -0.25) is 9.59 Å². The number of hydrogen-bond donors (Lipinski definition) is 2. The second-order valence-electron chi connectivity index (χ2n) is 6.28. The van der Waals surface area contributed by atoms with Crippen LogP contribution < -0.4 is 5.32 Å². The largest absolute Gasteiger partial charge is 0.506 e. The van der Waals surface area contributed by atoms with Gasteiger partial charge in [0.15, 0.2) is 0 Å². The second kappa shape index (κ2) is 7.88. The lowest BCUT2D eigenvalue weighted by molar-refractivity contribution is -0.130. The van der Waals surface area contributed by atoms with Crippen LogP contribution >= 0.6 is 0 Å². The number of likely N-dealkylation sites (tertiary alicyclic amines) is 1. The summed E-state index contributed by atoms with van der Waals surface area (Å²) in [6.07, 6.45) is 2.49. The van der Waals surface area contributed by atoms with Crippen molar-refractivity contribution in [1.82, 2.24) is 9.21 Å². The molecule has 1 heterocycles. The molecule has 1 unspecified atom stereocenters. The molecule has 0 spiro atoms. The van der Waals surface area contributed by atoms with Crippen LogP contribution in [-0.2, 0) is 19.6 Å². The smallest absolute Gasteiger partial charge is 0.245 e. The topological polar surface area (TPSA) is 107 Å². The highest BCUT2D eigenvalue weighted by Crippen LogP contribution is 2.28. The molecule has 0 radical (unpaired) electrons. The minimum Gasteiger partial charge on any atom is -0.506 e. The maximum atomic E-state index is 12.5. The minimum absolute atomic E-state index is 0.0186. The van der Waals surface area contributed by atoms with Crippen molar-refractivity contribution < 1.29 is 23.1 Å². The number of nitrogens with zero attached hydrogens (tertiary/aromatic N) is 2. The zero-order chi connectivity index (χ0) is 19.5. The third-order valence-electron chi connectivity index (χ3n) is 4.28. The van der Waals surface area contributed by atoms with E-state index < -0.39 is 15.9 Å². The molecule has 1 aromatic rings. The summed E-state index contributed by atoms with van der Waals surface area (Å²) in [4.78, 5) is 25.8. The molecule has 1 aliphatic rings. The van der Waals surface area contributed by atoms with Crippen LogP contribution in [0, 0.1) is 5.92 Å². The molecule has 0 bridgehead atoms. The van der Waals surface area contributed by atoms with Gasteiger partial charge < -0.3 is 15.3 Å². The molecule has 9 heteroatoms. The van der Waals surface area contributed by atoms with Crippen molar-refractivity contribution >= 4 is 27.5 Å². The molecular weight excluding hydrogens is 358 g/mol. The lowest BCUT2D eigenvalue weighted by Crippen LogP contribution is -2.43. The summed E-state index contributed by atoms with van der Waals surface area (Å²) >= 11 is 0. The number of nitrogens with one attached hydrogen (secondary N) is 1. The summed E-state index contributed by atoms with van der Waals surface area (Å²) in [6.45, 7) is 4.27. The van der Waals surface area contributed by atoms with E-state index in [1.54, 1.807) is 4.90 Å². The molecular formula is C17H23N3O5S. The Labute approximate surface area is 153 Å². The van der Waals surface area contributed by atoms with Crippen molar-refractivity contribution in [2.45, 2.75) is 17.7 Å². The van der Waals surface area contributed by atoms with Crippen molar-refractivity contribution in [3.63, 3.8) is 0 Å². The van der Waals surface area contributed by atoms with Crippen LogP contribution in [-0.4, -0.2) is 61.7 Å². The molecule has 1 saturated heterocycles. The molecule has 0 saturated carbocycles. The quantitative estimate of drug-likeness (QED) is 0.585. The van der Waals surface area contributed by atoms with Crippen molar-refractivity contribution in [2.75, 3.05) is 32.5 Å². The van der Waals surface area contributed by atoms with Crippen molar-refractivity contribution in [1.29, 1.82) is 0 Å². The Balaban J connectivity index is 2.18. The third kappa shape index (κ3) is 4.23. The zero-order valence-corrected chi connectivity index (χ0v) is 15.6. The minimum atomic E-state index is -3.69. The summed E-state index contributed by atoms with van der Waals surface area (Å²) in [5, 5.41) is 12.5. The van der Waals surface area contributed by atoms with Gasteiger partial charge in [-0.2, -0.15) is 0 Å². The van der Waals surface area contributed by atoms with Gasteiger partial charge >= 0.3 is 0 Å². The highest BCUT2D eigenvalue weighted by Gasteiger charge is 2.28. The van der Waals surface area contributed by atoms with E-state index in [-0.39, 0.29) is 34.7 Å². The monoisotopic (exact) mass is 381 g/mol. The van der Waals surface area contributed by atoms with Crippen LogP contribution in [0.3, 0.4) is 0 Å². The first-order chi connectivity index (χ1) is 12.2. The van der Waals surface area contributed by atoms with Gasteiger partial charge in [0.2, 0.25) is 21.8 Å². The van der Waals surface area contributed by atoms with Crippen LogP contribution in [0.25, 0.3) is 0 Å². The predicted molar refractivity (Wildman–Crippen MR) is 97.1 cm³/mol. The first kappa shape index (κ1) is 19.9. The summed E-state index contributed by atoms with van der Waals surface area (Å²) in [5.41, 5.74) is 0.0186. The fourth-order valence-electron chi connectivity index (χ4n) is 2.74. The average Bonchev–Trinajstić information content (AvgIpc) is 2.62. The Hall–Kier alpha value is -2.39. The van der Waals surface area contributed by atoms with Gasteiger partial charge in [0.05, 0.1) is 16.5 Å². The van der Waals surface area contributed by atoms with E-state index >= 15 is 0 Å². The summed E-state index contributed by atoms with van der Waals surface area (Å²) < 4.78 is 25.5. The van der Waals surface area contributed by atoms with E-state index in [4.69, 9.17) is 0 Å². The van der Waals surface area contributed by atoms with Crippen LogP contribution in [0.4, 0.5) is 5.69 Å². The lowest BCUT2D eigenvalue weighted by Gasteiger charge is -2.31. The Morgan fingerprint density at radius 2 is 2.08 bits per heavy atom. The maximum Gasteiger partial charge on any atom is 0.245 e. The van der Waals surface area contributed by atoms with Crippen LogP contribution in [0.5, 0.6) is 5.75 Å². The third-order valence-corrected chi connectivity index (χ3v) is 6.09. The Morgan fingerprint density at radius 3 is 2.69 bits per heavy atom. The average molecular weight is 381 g/mol. The fraction of sp³-hybridized carbons (Fsp3) is 0.412. The molecule has 1 aromatic carbocycles. The van der Waals surface area contributed by atoms with Crippen molar-refractivity contribution in [3.05, 3.63) is 30.9 Å². The van der Waals surface area contributed by atoms with Crippen LogP contribution in [0.2, 0.25) is 0 Å². The number of rotatable bonds is 5. The molecule has 0 aliphatic carbocycles. The highest BCUT2D eigenvalue weighted by molar-refractivity contribution is 7.89. The molecule has 2 amide bonds. The number of aromatic hydroxyl groups is 1. The Kier molecular flexibility index (Phi) is 6.04. The van der Waals surface area contributed by atoms with E-state index in [0.29, 0.717) is 19.4 Å². The normalized spacial score (nSPS) is 17.8. The van der Waals surface area contributed by atoms with E-state index in [0.717, 1.165) is 4.31 Å². The van der Waals surface area contributed by atoms with Gasteiger partial charge in [0.25, 0.3) is 0 Å². The van der Waals surface area contributed by atoms with Crippen molar-refractivity contribution in [2.24, 2.45) is 5.92 Å². The lowest BCUT2D eigenvalue weighted by atomic mass is 9.97. The summed E-state index contributed by atoms with van der Waals surface area (Å²) in [5.74, 6) is -1.28. The number of carbonyl (C=O) groups excluding carboxylic acids is 2. The molecule has 142 valence electrons. The van der Waals surface area contributed by atoms with E-state index in [9.17, 15) is 23.1 Å². The van der Waals surface area contributed by atoms with Gasteiger partial charge in [0.1, 0.15) is 5.75 Å². The molecule has 1 fully saturated rings. The first-order valence-corrected chi connectivity index (χ1v) is 9.58. The van der Waals surface area contributed by atoms with Gasteiger partial charge in [-0.25, -0.2) is 12.7 Å². The number of benzene rings is 1. The predicted octanol–water partition coefficient (Wildman–Crippen LogP) is 1.01. The van der Waals surface area contributed by atoms with E-state index in [2.05, 4.69) is 11.9 Å². The second-order valence-corrected chi connectivity index (χ2v) is 8.43. The first-order valence-electron chi connectivity index (χ1n) is 8.14. The number of phenolic OH excluding ortho intramolecular Hbond substituents is 1. The van der Waals surface area contributed by atoms with Crippen molar-refractivity contribution in [3.8, 4) is 5.75 Å². The van der Waals surface area contributed by atoms with E-state index in [1.165, 1.54) is 38.4 Å². The van der Waals surface area contributed by atoms with Gasteiger partial charge in [-0.15, -0.1) is 0 Å². The SMILES string of the molecule is C=CC(=O)N1CCCC(C(=O)Nc2cc(S(=O)(=O)N(C)C)ccc2O)C1. The van der Waals surface area contributed by atoms with Gasteiger partial charge in [-0.05, 0) is 37.1 Å². The van der Waals surface area contributed by atoms with Crippen LogP contribution in [0.1, 0.15) is 12.8 Å². The van der Waals surface area contributed by atoms with Crippen LogP contribution in [0.15, 0.2) is 35.7 Å². The zero-order valence-electron chi connectivity index (χ0n) is 14.8. The summed E-state index contributed by atoms with van der Waals surface area (Å²) in [6, 6.07) is 3.71. The molecule has 8 nitrogen and oxygen atoms in total. The number of phenols is 1. The molecule has 26 heavy (non-hydrogen) atoms. The Morgan fingerprint density at radius 1 is 1.38 bits per heavy atom. The Bertz CT molecular complexity index is 820.